The highest BCUT2D eigenvalue weighted by Crippen LogP contribution is 2.21. The van der Waals surface area contributed by atoms with Crippen molar-refractivity contribution in [2.75, 3.05) is 12.3 Å². The predicted octanol–water partition coefficient (Wildman–Crippen LogP) is 2.58. The molecule has 0 fully saturated rings. The smallest absolute Gasteiger partial charge is 0.178 e. The first-order chi connectivity index (χ1) is 8.42. The van der Waals surface area contributed by atoms with Crippen molar-refractivity contribution >= 4 is 9.84 Å². The van der Waals surface area contributed by atoms with Gasteiger partial charge in [-0.25, -0.2) is 8.42 Å². The molecule has 0 amide bonds. The Morgan fingerprint density at radius 3 is 2.11 bits per heavy atom. The van der Waals surface area contributed by atoms with Crippen molar-refractivity contribution in [2.24, 2.45) is 0 Å². The lowest BCUT2D eigenvalue weighted by Crippen LogP contribution is -2.30. The molecule has 0 aliphatic rings. The monoisotopic (exact) mass is 269 g/mol. The minimum Gasteiger partial charge on any atom is -0.314 e. The van der Waals surface area contributed by atoms with Crippen LogP contribution in [0.15, 0.2) is 29.2 Å². The van der Waals surface area contributed by atoms with E-state index in [1.165, 1.54) is 5.56 Å². The number of likely N-dealkylation sites (N-methyl/N-ethyl adjacent to an activating group) is 1. The van der Waals surface area contributed by atoms with E-state index in [1.807, 2.05) is 12.1 Å². The number of hydrogen-bond acceptors (Lipinski definition) is 3. The van der Waals surface area contributed by atoms with Gasteiger partial charge in [0.15, 0.2) is 9.84 Å². The van der Waals surface area contributed by atoms with E-state index in [0.717, 1.165) is 6.54 Å². The van der Waals surface area contributed by atoms with E-state index in [2.05, 4.69) is 26.1 Å². The maximum atomic E-state index is 11.7. The standard InChI is InChI=1S/C14H23NO2S/c1-5-15-12(4)11(3)13-7-9-14(10-8-13)18(16,17)6-2/h7-12,15H,5-6H2,1-4H3. The Bertz CT molecular complexity index is 465. The van der Waals surface area contributed by atoms with Crippen LogP contribution in [0.25, 0.3) is 0 Å². The summed E-state index contributed by atoms with van der Waals surface area (Å²) in [7, 11) is -3.09. The molecule has 0 spiro atoms. The Labute approximate surface area is 111 Å². The number of nitrogens with one attached hydrogen (secondary N) is 1. The summed E-state index contributed by atoms with van der Waals surface area (Å²) >= 11 is 0. The van der Waals surface area contributed by atoms with Crippen LogP contribution in [0.3, 0.4) is 0 Å². The molecule has 1 aromatic rings. The average molecular weight is 269 g/mol. The van der Waals surface area contributed by atoms with Crippen LogP contribution >= 0.6 is 0 Å². The van der Waals surface area contributed by atoms with Gasteiger partial charge in [0.2, 0.25) is 0 Å². The number of hydrogen-bond donors (Lipinski definition) is 1. The van der Waals surface area contributed by atoms with Crippen molar-refractivity contribution in [3.05, 3.63) is 29.8 Å². The summed E-state index contributed by atoms with van der Waals surface area (Å²) < 4.78 is 23.4. The molecule has 1 aromatic carbocycles. The zero-order valence-corrected chi connectivity index (χ0v) is 12.4. The fraction of sp³-hybridized carbons (Fsp3) is 0.571. The lowest BCUT2D eigenvalue weighted by Gasteiger charge is -2.21. The molecule has 18 heavy (non-hydrogen) atoms. The Morgan fingerprint density at radius 2 is 1.67 bits per heavy atom. The van der Waals surface area contributed by atoms with Crippen molar-refractivity contribution in [3.63, 3.8) is 0 Å². The van der Waals surface area contributed by atoms with Crippen LogP contribution in [-0.2, 0) is 9.84 Å². The molecular formula is C14H23NO2S. The summed E-state index contributed by atoms with van der Waals surface area (Å²) in [6, 6.07) is 7.64. The van der Waals surface area contributed by atoms with E-state index in [4.69, 9.17) is 0 Å². The second-order valence-corrected chi connectivity index (χ2v) is 6.89. The second kappa shape index (κ2) is 6.34. The molecule has 4 heteroatoms. The lowest BCUT2D eigenvalue weighted by atomic mass is 9.94. The van der Waals surface area contributed by atoms with Gasteiger partial charge < -0.3 is 5.32 Å². The van der Waals surface area contributed by atoms with Gasteiger partial charge in [-0.2, -0.15) is 0 Å². The van der Waals surface area contributed by atoms with E-state index < -0.39 is 9.84 Å². The van der Waals surface area contributed by atoms with Gasteiger partial charge >= 0.3 is 0 Å². The third kappa shape index (κ3) is 3.56. The number of benzene rings is 1. The molecule has 1 N–H and O–H groups in total. The molecule has 0 saturated carbocycles. The van der Waals surface area contributed by atoms with Gasteiger partial charge in [-0.15, -0.1) is 0 Å². The number of sulfone groups is 1. The molecule has 0 aliphatic heterocycles. The third-order valence-corrected chi connectivity index (χ3v) is 5.17. The fourth-order valence-electron chi connectivity index (χ4n) is 1.93. The largest absolute Gasteiger partial charge is 0.314 e. The highest BCUT2D eigenvalue weighted by molar-refractivity contribution is 7.91. The van der Waals surface area contributed by atoms with Crippen LogP contribution in [0.2, 0.25) is 0 Å². The minimum absolute atomic E-state index is 0.149. The highest BCUT2D eigenvalue weighted by Gasteiger charge is 2.15. The van der Waals surface area contributed by atoms with E-state index in [0.29, 0.717) is 16.9 Å². The first kappa shape index (κ1) is 15.2. The highest BCUT2D eigenvalue weighted by atomic mass is 32.2. The van der Waals surface area contributed by atoms with Crippen molar-refractivity contribution in [3.8, 4) is 0 Å². The van der Waals surface area contributed by atoms with E-state index in [9.17, 15) is 8.42 Å². The van der Waals surface area contributed by atoms with Crippen LogP contribution < -0.4 is 5.32 Å². The fourth-order valence-corrected chi connectivity index (χ4v) is 2.82. The topological polar surface area (TPSA) is 46.2 Å². The average Bonchev–Trinajstić information content (AvgIpc) is 2.38. The summed E-state index contributed by atoms with van der Waals surface area (Å²) in [5.74, 6) is 0.513. The Morgan fingerprint density at radius 1 is 1.11 bits per heavy atom. The van der Waals surface area contributed by atoms with Gasteiger partial charge in [-0.05, 0) is 37.1 Å². The molecule has 0 aromatic heterocycles. The van der Waals surface area contributed by atoms with Crippen LogP contribution in [0.5, 0.6) is 0 Å². The molecule has 2 unspecified atom stereocenters. The van der Waals surface area contributed by atoms with Crippen LogP contribution in [0.1, 0.15) is 39.2 Å². The number of rotatable bonds is 6. The maximum Gasteiger partial charge on any atom is 0.178 e. The van der Waals surface area contributed by atoms with Crippen molar-refractivity contribution in [1.82, 2.24) is 5.32 Å². The molecule has 3 nitrogen and oxygen atoms in total. The predicted molar refractivity (Wildman–Crippen MR) is 75.7 cm³/mol. The molecule has 102 valence electrons. The van der Waals surface area contributed by atoms with Gasteiger partial charge in [0.05, 0.1) is 10.6 Å². The zero-order chi connectivity index (χ0) is 13.8. The zero-order valence-electron chi connectivity index (χ0n) is 11.6. The summed E-state index contributed by atoms with van der Waals surface area (Å²) in [5, 5.41) is 3.38. The SMILES string of the molecule is CCNC(C)C(C)c1ccc(S(=O)(=O)CC)cc1. The van der Waals surface area contributed by atoms with Gasteiger partial charge in [0.25, 0.3) is 0 Å². The Balaban J connectivity index is 2.89. The molecule has 0 heterocycles. The minimum atomic E-state index is -3.09. The molecule has 0 aliphatic carbocycles. The molecule has 1 rings (SSSR count). The van der Waals surface area contributed by atoms with Gasteiger partial charge in [0.1, 0.15) is 0 Å². The maximum absolute atomic E-state index is 11.7. The summed E-state index contributed by atoms with van der Waals surface area (Å²) in [6.45, 7) is 8.98. The molecule has 0 bridgehead atoms. The molecule has 0 saturated heterocycles. The molecular weight excluding hydrogens is 246 g/mol. The van der Waals surface area contributed by atoms with E-state index in [1.54, 1.807) is 19.1 Å². The molecule has 0 radical (unpaired) electrons. The van der Waals surface area contributed by atoms with Crippen molar-refractivity contribution in [1.29, 1.82) is 0 Å². The second-order valence-electron chi connectivity index (χ2n) is 4.61. The summed E-state index contributed by atoms with van der Waals surface area (Å²) in [4.78, 5) is 0.414. The van der Waals surface area contributed by atoms with E-state index in [-0.39, 0.29) is 5.75 Å². The normalized spacial score (nSPS) is 15.3. The quantitative estimate of drug-likeness (QED) is 0.863. The lowest BCUT2D eigenvalue weighted by molar-refractivity contribution is 0.495. The van der Waals surface area contributed by atoms with Gasteiger partial charge in [-0.3, -0.25) is 0 Å². The van der Waals surface area contributed by atoms with Crippen LogP contribution in [0.4, 0.5) is 0 Å². The van der Waals surface area contributed by atoms with Crippen molar-refractivity contribution in [2.45, 2.75) is 44.6 Å². The first-order valence-corrected chi connectivity index (χ1v) is 8.13. The first-order valence-electron chi connectivity index (χ1n) is 6.48. The van der Waals surface area contributed by atoms with E-state index >= 15 is 0 Å². The molecule has 2 atom stereocenters. The van der Waals surface area contributed by atoms with Crippen LogP contribution in [0, 0.1) is 0 Å². The van der Waals surface area contributed by atoms with Crippen LogP contribution in [-0.4, -0.2) is 26.8 Å². The Kier molecular flexibility index (Phi) is 5.35. The summed E-state index contributed by atoms with van der Waals surface area (Å²) in [5.41, 5.74) is 1.17. The van der Waals surface area contributed by atoms with Gasteiger partial charge in [-0.1, -0.05) is 32.9 Å². The third-order valence-electron chi connectivity index (χ3n) is 3.42. The summed E-state index contributed by atoms with van der Waals surface area (Å²) in [6.07, 6.45) is 0. The van der Waals surface area contributed by atoms with Gasteiger partial charge in [0, 0.05) is 6.04 Å². The Hall–Kier alpha value is -0.870. The van der Waals surface area contributed by atoms with Crippen molar-refractivity contribution < 1.29 is 8.42 Å².